The predicted molar refractivity (Wildman–Crippen MR) is 150 cm³/mol. The highest BCUT2D eigenvalue weighted by Crippen LogP contribution is 2.45. The van der Waals surface area contributed by atoms with Crippen LogP contribution in [0.5, 0.6) is 17.2 Å². The van der Waals surface area contributed by atoms with Gasteiger partial charge in [-0.15, -0.1) is 0 Å². The van der Waals surface area contributed by atoms with E-state index in [0.717, 1.165) is 33.4 Å². The van der Waals surface area contributed by atoms with Crippen molar-refractivity contribution in [2.45, 2.75) is 73.7 Å². The molecule has 0 saturated carbocycles. The first kappa shape index (κ1) is 29.5. The van der Waals surface area contributed by atoms with Crippen LogP contribution in [-0.4, -0.2) is 35.1 Å². The van der Waals surface area contributed by atoms with Crippen molar-refractivity contribution in [3.8, 4) is 17.2 Å². The van der Waals surface area contributed by atoms with Crippen LogP contribution >= 0.6 is 0 Å². The maximum absolute atomic E-state index is 11.1. The van der Waals surface area contributed by atoms with Crippen molar-refractivity contribution in [2.75, 3.05) is 19.8 Å². The van der Waals surface area contributed by atoms with Gasteiger partial charge >= 0.3 is 0 Å². The lowest BCUT2D eigenvalue weighted by Gasteiger charge is -2.34. The van der Waals surface area contributed by atoms with Crippen LogP contribution in [0.4, 0.5) is 0 Å². The Kier molecular flexibility index (Phi) is 9.82. The van der Waals surface area contributed by atoms with Crippen LogP contribution in [0.25, 0.3) is 0 Å². The van der Waals surface area contributed by atoms with Crippen molar-refractivity contribution in [1.29, 1.82) is 0 Å². The lowest BCUT2D eigenvalue weighted by molar-refractivity contribution is 0.126. The molecule has 6 heteroatoms. The van der Waals surface area contributed by atoms with E-state index < -0.39 is 5.41 Å². The van der Waals surface area contributed by atoms with Crippen molar-refractivity contribution in [2.24, 2.45) is 0 Å². The van der Waals surface area contributed by atoms with E-state index in [1.165, 1.54) is 0 Å². The molecule has 0 aliphatic rings. The number of ether oxygens (including phenoxy) is 3. The molecule has 0 heterocycles. The van der Waals surface area contributed by atoms with E-state index in [1.807, 2.05) is 77.9 Å². The summed E-state index contributed by atoms with van der Waals surface area (Å²) >= 11 is 0. The van der Waals surface area contributed by atoms with Crippen molar-refractivity contribution < 1.29 is 29.5 Å². The molecule has 1 atom stereocenters. The van der Waals surface area contributed by atoms with Crippen molar-refractivity contribution >= 4 is 0 Å². The van der Waals surface area contributed by atoms with Gasteiger partial charge in [-0.25, -0.2) is 0 Å². The van der Waals surface area contributed by atoms with Gasteiger partial charge in [0.05, 0.1) is 19.8 Å². The van der Waals surface area contributed by atoms with Gasteiger partial charge in [-0.2, -0.15) is 0 Å². The van der Waals surface area contributed by atoms with Gasteiger partial charge < -0.3 is 29.5 Å². The number of aromatic hydroxyl groups is 3. The molecule has 0 aliphatic heterocycles. The highest BCUT2D eigenvalue weighted by atomic mass is 16.5. The summed E-state index contributed by atoms with van der Waals surface area (Å²) < 4.78 is 17.1. The number of rotatable bonds is 12. The number of phenolic OH excluding ortho intramolecular Hbond substituents is 3. The van der Waals surface area contributed by atoms with Crippen LogP contribution in [0.3, 0.4) is 0 Å². The SMILES string of the molecule is CCOCc1cc(C(C)(c2cc(C)c(O)c(C)c2)c2cc(COCC)c(O)c(COCC)c2)cc(C)c1O. The van der Waals surface area contributed by atoms with Gasteiger partial charge in [0.15, 0.2) is 0 Å². The number of hydrogen-bond acceptors (Lipinski definition) is 6. The summed E-state index contributed by atoms with van der Waals surface area (Å²) in [6.45, 7) is 16.0. The average Bonchev–Trinajstić information content (AvgIpc) is 2.90. The number of benzene rings is 3. The third kappa shape index (κ3) is 5.98. The lowest BCUT2D eigenvalue weighted by Crippen LogP contribution is -2.27. The molecule has 206 valence electrons. The monoisotopic (exact) mass is 522 g/mol. The number of hydrogen-bond donors (Lipinski definition) is 3. The first-order chi connectivity index (χ1) is 18.1. The molecule has 3 aromatic rings. The zero-order valence-electron chi connectivity index (χ0n) is 23.8. The third-order valence-corrected chi connectivity index (χ3v) is 7.26. The summed E-state index contributed by atoms with van der Waals surface area (Å²) in [6, 6.07) is 12.0. The highest BCUT2D eigenvalue weighted by molar-refractivity contribution is 5.59. The minimum Gasteiger partial charge on any atom is -0.507 e. The minimum absolute atomic E-state index is 0.176. The van der Waals surface area contributed by atoms with E-state index in [4.69, 9.17) is 14.2 Å². The van der Waals surface area contributed by atoms with Crippen molar-refractivity contribution in [3.05, 3.63) is 86.5 Å². The normalized spacial score (nSPS) is 13.0. The summed E-state index contributed by atoms with van der Waals surface area (Å²) in [5.41, 5.74) is 6.55. The van der Waals surface area contributed by atoms with Gasteiger partial charge in [-0.3, -0.25) is 0 Å². The molecule has 0 radical (unpaired) electrons. The Morgan fingerprint density at radius 3 is 1.24 bits per heavy atom. The molecule has 0 bridgehead atoms. The Hall–Kier alpha value is -3.06. The fourth-order valence-corrected chi connectivity index (χ4v) is 4.90. The molecule has 0 saturated heterocycles. The molecule has 0 fully saturated rings. The molecule has 0 aromatic heterocycles. The number of aryl methyl sites for hydroxylation is 3. The summed E-state index contributed by atoms with van der Waals surface area (Å²) in [5.74, 6) is 0.673. The van der Waals surface area contributed by atoms with Crippen molar-refractivity contribution in [3.63, 3.8) is 0 Å². The molecule has 0 spiro atoms. The van der Waals surface area contributed by atoms with Crippen LogP contribution in [0.1, 0.15) is 77.8 Å². The summed E-state index contributed by atoms with van der Waals surface area (Å²) in [4.78, 5) is 0. The van der Waals surface area contributed by atoms with E-state index in [1.54, 1.807) is 0 Å². The fraction of sp³-hybridized carbons (Fsp3) is 0.438. The Morgan fingerprint density at radius 2 is 0.842 bits per heavy atom. The second-order valence-electron chi connectivity index (χ2n) is 9.94. The zero-order valence-corrected chi connectivity index (χ0v) is 23.8. The van der Waals surface area contributed by atoms with E-state index in [9.17, 15) is 15.3 Å². The van der Waals surface area contributed by atoms with E-state index in [-0.39, 0.29) is 30.5 Å². The van der Waals surface area contributed by atoms with Gasteiger partial charge in [-0.05, 0) is 100 Å². The van der Waals surface area contributed by atoms with E-state index in [0.29, 0.717) is 43.1 Å². The Morgan fingerprint density at radius 1 is 0.526 bits per heavy atom. The second-order valence-corrected chi connectivity index (χ2v) is 9.94. The standard InChI is InChI=1S/C32H42O6/c1-8-36-17-23-14-27(13-22(6)30(23)34)32(7,26-11-20(4)29(33)21(5)12-26)28-15-24(18-37-9-2)31(35)25(16-28)19-38-10-3/h11-16,33-35H,8-10,17-19H2,1-7H3. The van der Waals surface area contributed by atoms with Gasteiger partial charge in [0.25, 0.3) is 0 Å². The molecule has 0 aliphatic carbocycles. The molecular formula is C32H42O6. The maximum Gasteiger partial charge on any atom is 0.126 e. The second kappa shape index (κ2) is 12.7. The van der Waals surface area contributed by atoms with Gasteiger partial charge in [-0.1, -0.05) is 18.2 Å². The van der Waals surface area contributed by atoms with Crippen molar-refractivity contribution in [1.82, 2.24) is 0 Å². The van der Waals surface area contributed by atoms with E-state index >= 15 is 0 Å². The molecule has 0 amide bonds. The quantitative estimate of drug-likeness (QED) is 0.230. The zero-order chi connectivity index (χ0) is 28.0. The molecule has 3 N–H and O–H groups in total. The molecule has 1 unspecified atom stereocenters. The van der Waals surface area contributed by atoms with Gasteiger partial charge in [0.2, 0.25) is 0 Å². The van der Waals surface area contributed by atoms with Crippen LogP contribution in [0.15, 0.2) is 36.4 Å². The smallest absolute Gasteiger partial charge is 0.126 e. The highest BCUT2D eigenvalue weighted by Gasteiger charge is 2.34. The number of phenols is 3. The minimum atomic E-state index is -0.710. The Balaban J connectivity index is 2.39. The predicted octanol–water partition coefficient (Wildman–Crippen LogP) is 6.69. The van der Waals surface area contributed by atoms with Gasteiger partial charge in [0.1, 0.15) is 17.2 Å². The molecule has 3 aromatic carbocycles. The molecule has 3 rings (SSSR count). The lowest BCUT2D eigenvalue weighted by atomic mass is 9.69. The Labute approximate surface area is 226 Å². The van der Waals surface area contributed by atoms with Crippen LogP contribution in [0, 0.1) is 20.8 Å². The maximum atomic E-state index is 11.1. The molecule has 6 nitrogen and oxygen atoms in total. The molecule has 38 heavy (non-hydrogen) atoms. The first-order valence-electron chi connectivity index (χ1n) is 13.3. The first-order valence-corrected chi connectivity index (χ1v) is 13.3. The van der Waals surface area contributed by atoms with Gasteiger partial charge in [0, 0.05) is 41.9 Å². The van der Waals surface area contributed by atoms with Crippen LogP contribution < -0.4 is 0 Å². The topological polar surface area (TPSA) is 88.4 Å². The van der Waals surface area contributed by atoms with Crippen LogP contribution in [-0.2, 0) is 39.4 Å². The van der Waals surface area contributed by atoms with Crippen LogP contribution in [0.2, 0.25) is 0 Å². The summed E-state index contributed by atoms with van der Waals surface area (Å²) in [7, 11) is 0. The third-order valence-electron chi connectivity index (χ3n) is 7.26. The van der Waals surface area contributed by atoms with E-state index in [2.05, 4.69) is 6.92 Å². The summed E-state index contributed by atoms with van der Waals surface area (Å²) in [6.07, 6.45) is 0. The molecular weight excluding hydrogens is 480 g/mol. The Bertz CT molecular complexity index is 1210. The summed E-state index contributed by atoms with van der Waals surface area (Å²) in [5, 5.41) is 32.5. The largest absolute Gasteiger partial charge is 0.507 e. The fourth-order valence-electron chi connectivity index (χ4n) is 4.90. The average molecular weight is 523 g/mol.